The van der Waals surface area contributed by atoms with E-state index < -0.39 is 0 Å². The van der Waals surface area contributed by atoms with Gasteiger partial charge < -0.3 is 10.1 Å². The number of methoxy groups -OCH3 is 1. The molecule has 0 spiro atoms. The lowest BCUT2D eigenvalue weighted by Crippen LogP contribution is -2.09. The van der Waals surface area contributed by atoms with Gasteiger partial charge in [0.15, 0.2) is 0 Å². The van der Waals surface area contributed by atoms with Crippen molar-refractivity contribution in [2.24, 2.45) is 0 Å². The van der Waals surface area contributed by atoms with Crippen molar-refractivity contribution in [3.63, 3.8) is 0 Å². The second-order valence-electron chi connectivity index (χ2n) is 3.01. The van der Waals surface area contributed by atoms with Crippen molar-refractivity contribution in [2.45, 2.75) is 13.3 Å². The third-order valence-corrected chi connectivity index (χ3v) is 1.90. The van der Waals surface area contributed by atoms with Crippen LogP contribution in [0, 0.1) is 11.3 Å². The summed E-state index contributed by atoms with van der Waals surface area (Å²) in [6.45, 7) is 1.42. The van der Waals surface area contributed by atoms with Crippen molar-refractivity contribution in [1.29, 1.82) is 5.26 Å². The summed E-state index contributed by atoms with van der Waals surface area (Å²) in [4.78, 5) is 11.0. The molecule has 0 bridgehead atoms. The Kier molecular flexibility index (Phi) is 3.69. The highest BCUT2D eigenvalue weighted by atomic mass is 16.5. The van der Waals surface area contributed by atoms with Crippen LogP contribution in [0.3, 0.4) is 0 Å². The van der Waals surface area contributed by atoms with Gasteiger partial charge in [-0.25, -0.2) is 0 Å². The summed E-state index contributed by atoms with van der Waals surface area (Å²) in [7, 11) is 1.52. The Morgan fingerprint density at radius 2 is 2.33 bits per heavy atom. The minimum atomic E-state index is -0.182. The Morgan fingerprint density at radius 3 is 2.87 bits per heavy atom. The summed E-state index contributed by atoms with van der Waals surface area (Å²) in [6, 6.07) is 7.36. The van der Waals surface area contributed by atoms with Crippen LogP contribution in [0.25, 0.3) is 0 Å². The standard InChI is InChI=1S/C11H12N2O2/c1-8(14)13-11-9(6-7-12)4-3-5-10(11)15-2/h3-5H,6H2,1-2H3,(H,13,14). The molecule has 78 valence electrons. The fourth-order valence-electron chi connectivity index (χ4n) is 1.30. The maximum atomic E-state index is 11.0. The Labute approximate surface area is 88.5 Å². The molecule has 0 saturated carbocycles. The number of carbonyl (C=O) groups is 1. The summed E-state index contributed by atoms with van der Waals surface area (Å²) >= 11 is 0. The molecule has 0 aliphatic carbocycles. The van der Waals surface area contributed by atoms with Crippen molar-refractivity contribution < 1.29 is 9.53 Å². The second kappa shape index (κ2) is 5.01. The summed E-state index contributed by atoms with van der Waals surface area (Å²) in [5.74, 6) is 0.386. The van der Waals surface area contributed by atoms with Gasteiger partial charge >= 0.3 is 0 Å². The molecule has 0 heterocycles. The fourth-order valence-corrected chi connectivity index (χ4v) is 1.30. The van der Waals surface area contributed by atoms with Gasteiger partial charge in [0.25, 0.3) is 0 Å². The molecule has 1 aromatic carbocycles. The van der Waals surface area contributed by atoms with Crippen LogP contribution in [0.4, 0.5) is 5.69 Å². The zero-order valence-corrected chi connectivity index (χ0v) is 8.70. The third kappa shape index (κ3) is 2.71. The molecule has 1 amide bonds. The summed E-state index contributed by atoms with van der Waals surface area (Å²) < 4.78 is 5.11. The molecular weight excluding hydrogens is 192 g/mol. The normalized spacial score (nSPS) is 9.13. The Morgan fingerprint density at radius 1 is 1.60 bits per heavy atom. The van der Waals surface area contributed by atoms with Crippen molar-refractivity contribution >= 4 is 11.6 Å². The average Bonchev–Trinajstić information content (AvgIpc) is 2.20. The molecule has 0 aliphatic rings. The van der Waals surface area contributed by atoms with Gasteiger partial charge in [0.1, 0.15) is 5.75 Å². The molecule has 1 N–H and O–H groups in total. The number of nitriles is 1. The number of hydrogen-bond donors (Lipinski definition) is 1. The molecule has 4 nitrogen and oxygen atoms in total. The first kappa shape index (κ1) is 11.1. The minimum absolute atomic E-state index is 0.182. The molecule has 0 saturated heterocycles. The fraction of sp³-hybridized carbons (Fsp3) is 0.273. The van der Waals surface area contributed by atoms with Gasteiger partial charge in [-0.05, 0) is 11.6 Å². The molecule has 0 atom stereocenters. The average molecular weight is 204 g/mol. The van der Waals surface area contributed by atoms with E-state index in [0.29, 0.717) is 11.4 Å². The monoisotopic (exact) mass is 204 g/mol. The Bertz CT molecular complexity index is 408. The van der Waals surface area contributed by atoms with E-state index in [0.717, 1.165) is 5.56 Å². The Hall–Kier alpha value is -2.02. The quantitative estimate of drug-likeness (QED) is 0.815. The van der Waals surface area contributed by atoms with Crippen LogP contribution < -0.4 is 10.1 Å². The van der Waals surface area contributed by atoms with E-state index in [1.807, 2.05) is 6.07 Å². The highest BCUT2D eigenvalue weighted by Gasteiger charge is 2.09. The molecule has 4 heteroatoms. The van der Waals surface area contributed by atoms with Gasteiger partial charge in [0.2, 0.25) is 5.91 Å². The first-order valence-corrected chi connectivity index (χ1v) is 4.49. The number of hydrogen-bond acceptors (Lipinski definition) is 3. The lowest BCUT2D eigenvalue weighted by molar-refractivity contribution is -0.114. The predicted octanol–water partition coefficient (Wildman–Crippen LogP) is 1.72. The van der Waals surface area contributed by atoms with Crippen molar-refractivity contribution in [3.05, 3.63) is 23.8 Å². The number of benzene rings is 1. The number of nitrogens with one attached hydrogen (secondary N) is 1. The SMILES string of the molecule is COc1cccc(CC#N)c1NC(C)=O. The summed E-state index contributed by atoms with van der Waals surface area (Å²) in [5.41, 5.74) is 1.33. The maximum absolute atomic E-state index is 11.0. The lowest BCUT2D eigenvalue weighted by Gasteiger charge is -2.12. The van der Waals surface area contributed by atoms with E-state index in [1.54, 1.807) is 18.2 Å². The van der Waals surface area contributed by atoms with Crippen LogP contribution in [-0.4, -0.2) is 13.0 Å². The van der Waals surface area contributed by atoms with Crippen LogP contribution >= 0.6 is 0 Å². The summed E-state index contributed by atoms with van der Waals surface area (Å²) in [5, 5.41) is 11.3. The molecule has 0 radical (unpaired) electrons. The molecular formula is C11H12N2O2. The van der Waals surface area contributed by atoms with Crippen LogP contribution in [0.1, 0.15) is 12.5 Å². The number of rotatable bonds is 3. The molecule has 15 heavy (non-hydrogen) atoms. The van der Waals surface area contributed by atoms with Crippen LogP contribution in [0.15, 0.2) is 18.2 Å². The van der Waals surface area contributed by atoms with Crippen LogP contribution in [-0.2, 0) is 11.2 Å². The van der Waals surface area contributed by atoms with Crippen LogP contribution in [0.5, 0.6) is 5.75 Å². The number of nitrogens with zero attached hydrogens (tertiary/aromatic N) is 1. The number of ether oxygens (including phenoxy) is 1. The van der Waals surface area contributed by atoms with Crippen molar-refractivity contribution in [3.8, 4) is 11.8 Å². The van der Waals surface area contributed by atoms with Gasteiger partial charge in [-0.2, -0.15) is 5.26 Å². The third-order valence-electron chi connectivity index (χ3n) is 1.90. The smallest absolute Gasteiger partial charge is 0.221 e. The zero-order chi connectivity index (χ0) is 11.3. The first-order chi connectivity index (χ1) is 7.19. The van der Waals surface area contributed by atoms with Gasteiger partial charge in [-0.1, -0.05) is 12.1 Å². The number of carbonyl (C=O) groups excluding carboxylic acids is 1. The summed E-state index contributed by atoms with van der Waals surface area (Å²) in [6.07, 6.45) is 0.243. The minimum Gasteiger partial charge on any atom is -0.495 e. The number of anilines is 1. The van der Waals surface area contributed by atoms with Gasteiger partial charge in [-0.3, -0.25) is 4.79 Å². The first-order valence-electron chi connectivity index (χ1n) is 4.49. The van der Waals surface area contributed by atoms with Gasteiger partial charge in [0, 0.05) is 6.92 Å². The topological polar surface area (TPSA) is 62.1 Å². The molecule has 1 rings (SSSR count). The van der Waals surface area contributed by atoms with Crippen molar-refractivity contribution in [1.82, 2.24) is 0 Å². The van der Waals surface area contributed by atoms with Crippen LogP contribution in [0.2, 0.25) is 0 Å². The lowest BCUT2D eigenvalue weighted by atomic mass is 10.1. The number of amides is 1. The van der Waals surface area contributed by atoms with E-state index in [9.17, 15) is 4.79 Å². The highest BCUT2D eigenvalue weighted by Crippen LogP contribution is 2.28. The molecule has 0 aliphatic heterocycles. The largest absolute Gasteiger partial charge is 0.495 e. The zero-order valence-electron chi connectivity index (χ0n) is 8.70. The molecule has 1 aromatic rings. The van der Waals surface area contributed by atoms with Crippen molar-refractivity contribution in [2.75, 3.05) is 12.4 Å². The van der Waals surface area contributed by atoms with Gasteiger partial charge in [-0.15, -0.1) is 0 Å². The molecule has 0 aromatic heterocycles. The second-order valence-corrected chi connectivity index (χ2v) is 3.01. The van der Waals surface area contributed by atoms with Gasteiger partial charge in [0.05, 0.1) is 25.3 Å². The molecule has 0 unspecified atom stereocenters. The number of para-hydroxylation sites is 1. The highest BCUT2D eigenvalue weighted by molar-refractivity contribution is 5.91. The van der Waals surface area contributed by atoms with E-state index in [-0.39, 0.29) is 12.3 Å². The van der Waals surface area contributed by atoms with E-state index in [1.165, 1.54) is 14.0 Å². The molecule has 0 fully saturated rings. The maximum Gasteiger partial charge on any atom is 0.221 e. The van der Waals surface area contributed by atoms with E-state index >= 15 is 0 Å². The predicted molar refractivity (Wildman–Crippen MR) is 56.6 cm³/mol. The van der Waals surface area contributed by atoms with E-state index in [2.05, 4.69) is 5.32 Å². The Balaban J connectivity index is 3.15. The van der Waals surface area contributed by atoms with E-state index in [4.69, 9.17) is 10.00 Å².